The van der Waals surface area contributed by atoms with Crippen LogP contribution in [0, 0.1) is 6.92 Å². The minimum Gasteiger partial charge on any atom is -0.459 e. The van der Waals surface area contributed by atoms with Gasteiger partial charge in [-0.3, -0.25) is 0 Å². The van der Waals surface area contributed by atoms with Gasteiger partial charge in [0.1, 0.15) is 5.82 Å². The van der Waals surface area contributed by atoms with Crippen LogP contribution in [0.5, 0.6) is 5.88 Å². The van der Waals surface area contributed by atoms with Crippen LogP contribution in [0.4, 0.5) is 30.9 Å². The first-order valence-electron chi connectivity index (χ1n) is 11.6. The van der Waals surface area contributed by atoms with Crippen molar-refractivity contribution in [1.82, 2.24) is 40.4 Å². The van der Waals surface area contributed by atoms with Crippen LogP contribution in [0.2, 0.25) is 5.02 Å². The van der Waals surface area contributed by atoms with E-state index in [1.165, 1.54) is 28.9 Å². The molecule has 0 aliphatic carbocycles. The van der Waals surface area contributed by atoms with Gasteiger partial charge in [0, 0.05) is 42.0 Å². The van der Waals surface area contributed by atoms with Crippen LogP contribution in [0.3, 0.4) is 0 Å². The fourth-order valence-corrected chi connectivity index (χ4v) is 4.39. The Hall–Kier alpha value is -4.14. The molecular weight excluding hydrogens is 527 g/mol. The number of benzene rings is 1. The fraction of sp³-hybridized carbons (Fsp3) is 0.364. The van der Waals surface area contributed by atoms with Gasteiger partial charge in [0.2, 0.25) is 17.9 Å². The average Bonchev–Trinajstić information content (AvgIpc) is 3.54. The molecular formula is C22H23ClF3N11O. The highest BCUT2D eigenvalue weighted by atomic mass is 35.5. The number of H-pyrrole nitrogens is 1. The van der Waals surface area contributed by atoms with Crippen molar-refractivity contribution >= 4 is 29.3 Å². The molecule has 0 radical (unpaired) electrons. The number of nitrogens with two attached hydrogens (primary N) is 1. The summed E-state index contributed by atoms with van der Waals surface area (Å²) >= 11 is 6.11. The van der Waals surface area contributed by atoms with Gasteiger partial charge < -0.3 is 20.7 Å². The lowest BCUT2D eigenvalue weighted by atomic mass is 10.1. The second-order valence-electron chi connectivity index (χ2n) is 8.71. The largest absolute Gasteiger partial charge is 0.459 e. The minimum absolute atomic E-state index is 0.0997. The number of ether oxygens (including phenoxy) is 1. The summed E-state index contributed by atoms with van der Waals surface area (Å²) in [4.78, 5) is 10.1. The normalized spacial score (nSPS) is 15.4. The molecule has 4 aromatic rings. The van der Waals surface area contributed by atoms with Crippen LogP contribution in [-0.4, -0.2) is 65.7 Å². The molecule has 4 N–H and O–H groups in total. The van der Waals surface area contributed by atoms with Gasteiger partial charge in [-0.2, -0.15) is 33.5 Å². The average molecular weight is 550 g/mol. The summed E-state index contributed by atoms with van der Waals surface area (Å²) in [6, 6.07) is 7.16. The summed E-state index contributed by atoms with van der Waals surface area (Å²) in [5.41, 5.74) is 6.45. The number of nitrogen functional groups attached to an aromatic ring is 1. The molecule has 0 spiro atoms. The van der Waals surface area contributed by atoms with E-state index in [9.17, 15) is 13.2 Å². The smallest absolute Gasteiger partial charge is 0.429 e. The molecule has 3 aromatic heterocycles. The Labute approximate surface area is 219 Å². The fourth-order valence-electron chi connectivity index (χ4n) is 4.22. The number of nitrogens with zero attached hydrogens (tertiary/aromatic N) is 8. The number of piperidine rings is 1. The van der Waals surface area contributed by atoms with Crippen molar-refractivity contribution in [3.8, 4) is 11.6 Å². The molecule has 0 bridgehead atoms. The van der Waals surface area contributed by atoms with Crippen LogP contribution >= 0.6 is 11.6 Å². The number of nitrogens with one attached hydrogen (secondary N) is 2. The van der Waals surface area contributed by atoms with Crippen molar-refractivity contribution in [3.05, 3.63) is 52.8 Å². The molecule has 0 unspecified atom stereocenters. The van der Waals surface area contributed by atoms with Crippen LogP contribution < -0.4 is 20.7 Å². The Morgan fingerprint density at radius 3 is 2.63 bits per heavy atom. The van der Waals surface area contributed by atoms with Crippen molar-refractivity contribution in [2.45, 2.75) is 38.1 Å². The summed E-state index contributed by atoms with van der Waals surface area (Å²) in [6.07, 6.45) is -4.19. The van der Waals surface area contributed by atoms with Gasteiger partial charge >= 0.3 is 6.18 Å². The Morgan fingerprint density at radius 1 is 1.18 bits per heavy atom. The predicted molar refractivity (Wildman–Crippen MR) is 132 cm³/mol. The quantitative estimate of drug-likeness (QED) is 0.313. The molecule has 1 aromatic carbocycles. The van der Waals surface area contributed by atoms with Crippen LogP contribution in [0.15, 0.2) is 36.5 Å². The summed E-state index contributed by atoms with van der Waals surface area (Å²) in [5, 5.41) is 21.3. The first kappa shape index (κ1) is 25.5. The van der Waals surface area contributed by atoms with Crippen molar-refractivity contribution < 1.29 is 17.9 Å². The molecule has 4 heterocycles. The highest BCUT2D eigenvalue weighted by Gasteiger charge is 2.45. The molecule has 1 saturated heterocycles. The number of hydrogen-bond donors (Lipinski definition) is 3. The van der Waals surface area contributed by atoms with E-state index in [0.717, 1.165) is 0 Å². The van der Waals surface area contributed by atoms with Gasteiger partial charge in [-0.05, 0) is 43.2 Å². The summed E-state index contributed by atoms with van der Waals surface area (Å²) in [6.45, 7) is 2.86. The van der Waals surface area contributed by atoms with E-state index in [1.807, 2.05) is 4.90 Å². The van der Waals surface area contributed by atoms with Gasteiger partial charge in [0.15, 0.2) is 0 Å². The molecule has 1 aliphatic rings. The molecule has 0 saturated carbocycles. The molecule has 12 nitrogen and oxygen atoms in total. The van der Waals surface area contributed by atoms with Gasteiger partial charge in [0.25, 0.3) is 5.95 Å². The molecule has 16 heteroatoms. The number of anilines is 3. The maximum absolute atomic E-state index is 14.4. The zero-order valence-electron chi connectivity index (χ0n) is 20.0. The molecule has 38 heavy (non-hydrogen) atoms. The number of aromatic amines is 1. The second kappa shape index (κ2) is 10.3. The number of aryl methyl sites for hydroxylation is 1. The molecule has 1 aliphatic heterocycles. The van der Waals surface area contributed by atoms with E-state index in [-0.39, 0.29) is 34.1 Å². The van der Waals surface area contributed by atoms with Crippen molar-refractivity contribution in [2.24, 2.45) is 0 Å². The zero-order valence-corrected chi connectivity index (χ0v) is 20.8. The topological polar surface area (TPSA) is 149 Å². The summed E-state index contributed by atoms with van der Waals surface area (Å²) in [7, 11) is 0. The van der Waals surface area contributed by atoms with Gasteiger partial charge in [-0.25, -0.2) is 4.68 Å². The van der Waals surface area contributed by atoms with Gasteiger partial charge in [0.05, 0.1) is 11.4 Å². The van der Waals surface area contributed by atoms with Gasteiger partial charge in [-0.1, -0.05) is 22.8 Å². The predicted octanol–water partition coefficient (Wildman–Crippen LogP) is 3.48. The van der Waals surface area contributed by atoms with Crippen LogP contribution in [0.1, 0.15) is 30.2 Å². The lowest BCUT2D eigenvalue weighted by Gasteiger charge is -2.33. The van der Waals surface area contributed by atoms with Crippen molar-refractivity contribution in [2.75, 3.05) is 29.0 Å². The van der Waals surface area contributed by atoms with Gasteiger partial charge in [-0.15, -0.1) is 5.10 Å². The zero-order chi connectivity index (χ0) is 26.9. The highest BCUT2D eigenvalue weighted by molar-refractivity contribution is 6.30. The van der Waals surface area contributed by atoms with E-state index < -0.39 is 12.3 Å². The third kappa shape index (κ3) is 5.72. The SMILES string of the molecule is Cc1ccn(-c2cc(Cl)ccc2[C@@H](Oc2cc(N3CCC(Nc4nn[nH]n4)CC3)nc(N)n2)C(F)(F)F)n1. The van der Waals surface area contributed by atoms with Crippen LogP contribution in [0.25, 0.3) is 5.69 Å². The number of halogens is 4. The standard InChI is InChI=1S/C22H23ClF3N11O/c1-12-4-9-37(33-12)16-10-13(23)2-3-15(16)19(22(24,25)26)38-18-11-17(29-20(27)30-18)36-7-5-14(6-8-36)28-21-31-34-35-32-21/h2-4,9-11,14,19H,5-8H2,1H3,(H2,27,29,30)(H2,28,31,32,34,35)/t19-/m1/s1. The lowest BCUT2D eigenvalue weighted by molar-refractivity contribution is -0.198. The molecule has 0 amide bonds. The third-order valence-corrected chi connectivity index (χ3v) is 6.22. The van der Waals surface area contributed by atoms with E-state index >= 15 is 0 Å². The number of aromatic nitrogens is 8. The van der Waals surface area contributed by atoms with E-state index in [2.05, 4.69) is 41.0 Å². The monoisotopic (exact) mass is 549 g/mol. The molecule has 1 atom stereocenters. The Balaban J connectivity index is 1.39. The van der Waals surface area contributed by atoms with Crippen molar-refractivity contribution in [3.63, 3.8) is 0 Å². The summed E-state index contributed by atoms with van der Waals surface area (Å²) in [5.74, 6) is 0.254. The number of hydrogen-bond acceptors (Lipinski definition) is 10. The first-order chi connectivity index (χ1) is 18.2. The minimum atomic E-state index is -4.79. The maximum atomic E-state index is 14.4. The molecule has 1 fully saturated rings. The third-order valence-electron chi connectivity index (χ3n) is 5.98. The molecule has 5 rings (SSSR count). The second-order valence-corrected chi connectivity index (χ2v) is 9.14. The number of rotatable bonds is 7. The lowest BCUT2D eigenvalue weighted by Crippen LogP contribution is -2.39. The van der Waals surface area contributed by atoms with Crippen LogP contribution in [-0.2, 0) is 0 Å². The number of alkyl halides is 3. The van der Waals surface area contributed by atoms with E-state index in [1.54, 1.807) is 19.2 Å². The number of tetrazole rings is 1. The highest BCUT2D eigenvalue weighted by Crippen LogP contribution is 2.40. The Morgan fingerprint density at radius 2 is 1.97 bits per heavy atom. The van der Waals surface area contributed by atoms with E-state index in [0.29, 0.717) is 43.4 Å². The summed E-state index contributed by atoms with van der Waals surface area (Å²) < 4.78 is 49.8. The first-order valence-corrected chi connectivity index (χ1v) is 12.0. The van der Waals surface area contributed by atoms with E-state index in [4.69, 9.17) is 22.1 Å². The maximum Gasteiger partial charge on any atom is 0.429 e. The van der Waals surface area contributed by atoms with Crippen molar-refractivity contribution in [1.29, 1.82) is 0 Å². The molecule has 200 valence electrons. The Bertz CT molecular complexity index is 1390. The Kier molecular flexibility index (Phi) is 6.93.